The van der Waals surface area contributed by atoms with Crippen LogP contribution in [-0.4, -0.2) is 15.1 Å². The molecule has 2 N–H and O–H groups in total. The number of hydrogen-bond acceptors (Lipinski definition) is 2. The van der Waals surface area contributed by atoms with Gasteiger partial charge in [-0.15, -0.1) is 0 Å². The Morgan fingerprint density at radius 3 is 2.93 bits per heavy atom. The Labute approximate surface area is 81.8 Å². The molecule has 0 aliphatic carbocycles. The lowest BCUT2D eigenvalue weighted by Gasteiger charge is -1.93. The van der Waals surface area contributed by atoms with Crippen molar-refractivity contribution in [3.63, 3.8) is 0 Å². The van der Waals surface area contributed by atoms with Gasteiger partial charge in [0.1, 0.15) is 5.75 Å². The zero-order chi connectivity index (χ0) is 9.80. The van der Waals surface area contributed by atoms with Crippen LogP contribution in [0.1, 0.15) is 11.3 Å². The van der Waals surface area contributed by atoms with Gasteiger partial charge in [0.25, 0.3) is 0 Å². The smallest absolute Gasteiger partial charge is 0.116 e. The van der Waals surface area contributed by atoms with Crippen molar-refractivity contribution in [2.24, 2.45) is 0 Å². The maximum Gasteiger partial charge on any atom is 0.116 e. The van der Waals surface area contributed by atoms with Crippen molar-refractivity contribution in [3.8, 4) is 5.75 Å². The summed E-state index contributed by atoms with van der Waals surface area (Å²) in [7, 11) is 0. The third-order valence-corrected chi connectivity index (χ3v) is 1.84. The average molecular weight is 186 g/mol. The highest BCUT2D eigenvalue weighted by molar-refractivity contribution is 5.68. The standard InChI is InChI=1S/C11H10N2O/c14-11-3-1-2-9(6-11)4-5-10-7-12-8-13-10/h1-8,14H,(H,12,13)/b5-4+. The second-order valence-electron chi connectivity index (χ2n) is 2.94. The molecule has 0 unspecified atom stereocenters. The number of aromatic nitrogens is 2. The minimum atomic E-state index is 0.275. The number of aromatic amines is 1. The largest absolute Gasteiger partial charge is 0.508 e. The zero-order valence-electron chi connectivity index (χ0n) is 7.51. The second-order valence-corrected chi connectivity index (χ2v) is 2.94. The maximum absolute atomic E-state index is 9.22. The van der Waals surface area contributed by atoms with E-state index in [0.29, 0.717) is 0 Å². The number of rotatable bonds is 2. The van der Waals surface area contributed by atoms with Crippen LogP contribution < -0.4 is 0 Å². The van der Waals surface area contributed by atoms with E-state index in [0.717, 1.165) is 11.3 Å². The second kappa shape index (κ2) is 3.79. The lowest BCUT2D eigenvalue weighted by Crippen LogP contribution is -1.72. The molecule has 0 aliphatic heterocycles. The van der Waals surface area contributed by atoms with E-state index in [1.807, 2.05) is 24.3 Å². The van der Waals surface area contributed by atoms with Crippen LogP contribution in [-0.2, 0) is 0 Å². The topological polar surface area (TPSA) is 48.9 Å². The first kappa shape index (κ1) is 8.56. The number of benzene rings is 1. The van der Waals surface area contributed by atoms with Gasteiger partial charge in [-0.25, -0.2) is 4.98 Å². The number of phenols is 1. The minimum Gasteiger partial charge on any atom is -0.508 e. The molecule has 1 aromatic heterocycles. The van der Waals surface area contributed by atoms with Crippen LogP contribution in [0.5, 0.6) is 5.75 Å². The number of nitrogens with one attached hydrogen (secondary N) is 1. The van der Waals surface area contributed by atoms with Crippen LogP contribution in [0.3, 0.4) is 0 Å². The molecule has 0 fully saturated rings. The molecule has 1 aromatic carbocycles. The summed E-state index contributed by atoms with van der Waals surface area (Å²) in [4.78, 5) is 6.86. The Hall–Kier alpha value is -2.03. The molecule has 0 atom stereocenters. The Morgan fingerprint density at radius 2 is 2.21 bits per heavy atom. The summed E-state index contributed by atoms with van der Waals surface area (Å²) < 4.78 is 0. The first-order valence-corrected chi connectivity index (χ1v) is 4.30. The predicted molar refractivity (Wildman–Crippen MR) is 55.6 cm³/mol. The predicted octanol–water partition coefficient (Wildman–Crippen LogP) is 2.29. The molecule has 70 valence electrons. The van der Waals surface area contributed by atoms with Crippen LogP contribution in [0, 0.1) is 0 Å². The fourth-order valence-electron chi connectivity index (χ4n) is 1.17. The number of imidazole rings is 1. The summed E-state index contributed by atoms with van der Waals surface area (Å²) in [6.45, 7) is 0. The molecule has 0 saturated heterocycles. The highest BCUT2D eigenvalue weighted by Crippen LogP contribution is 2.13. The van der Waals surface area contributed by atoms with Crippen LogP contribution in [0.25, 0.3) is 12.2 Å². The normalized spacial score (nSPS) is 10.9. The van der Waals surface area contributed by atoms with Crippen molar-refractivity contribution in [2.45, 2.75) is 0 Å². The van der Waals surface area contributed by atoms with Crippen LogP contribution in [0.2, 0.25) is 0 Å². The number of hydrogen-bond donors (Lipinski definition) is 2. The molecule has 0 bridgehead atoms. The number of phenolic OH excluding ortho intramolecular Hbond substituents is 1. The summed E-state index contributed by atoms with van der Waals surface area (Å²) in [6.07, 6.45) is 7.18. The first-order valence-electron chi connectivity index (χ1n) is 4.30. The average Bonchev–Trinajstić information content (AvgIpc) is 2.67. The van der Waals surface area contributed by atoms with Crippen LogP contribution >= 0.6 is 0 Å². The molecule has 2 rings (SSSR count). The van der Waals surface area contributed by atoms with Crippen LogP contribution in [0.15, 0.2) is 36.8 Å². The van der Waals surface area contributed by atoms with E-state index in [1.165, 1.54) is 0 Å². The molecule has 0 radical (unpaired) electrons. The van der Waals surface area contributed by atoms with Crippen molar-refractivity contribution < 1.29 is 5.11 Å². The van der Waals surface area contributed by atoms with E-state index < -0.39 is 0 Å². The van der Waals surface area contributed by atoms with E-state index >= 15 is 0 Å². The van der Waals surface area contributed by atoms with Gasteiger partial charge >= 0.3 is 0 Å². The van der Waals surface area contributed by atoms with Gasteiger partial charge < -0.3 is 10.1 Å². The van der Waals surface area contributed by atoms with Gasteiger partial charge in [-0.2, -0.15) is 0 Å². The molecule has 0 amide bonds. The van der Waals surface area contributed by atoms with E-state index in [2.05, 4.69) is 9.97 Å². The number of H-pyrrole nitrogens is 1. The van der Waals surface area contributed by atoms with Gasteiger partial charge in [0.15, 0.2) is 0 Å². The molecule has 1 heterocycles. The summed E-state index contributed by atoms with van der Waals surface area (Å²) >= 11 is 0. The van der Waals surface area contributed by atoms with Gasteiger partial charge in [0.2, 0.25) is 0 Å². The monoisotopic (exact) mass is 186 g/mol. The molecule has 0 saturated carbocycles. The van der Waals surface area contributed by atoms with Gasteiger partial charge in [-0.05, 0) is 23.8 Å². The third-order valence-electron chi connectivity index (χ3n) is 1.84. The molecule has 14 heavy (non-hydrogen) atoms. The van der Waals surface area contributed by atoms with Gasteiger partial charge in [-0.3, -0.25) is 0 Å². The number of aromatic hydroxyl groups is 1. The van der Waals surface area contributed by atoms with E-state index in [-0.39, 0.29) is 5.75 Å². The van der Waals surface area contributed by atoms with E-state index in [9.17, 15) is 5.11 Å². The molecular weight excluding hydrogens is 176 g/mol. The third kappa shape index (κ3) is 2.01. The Bertz CT molecular complexity index is 432. The minimum absolute atomic E-state index is 0.275. The van der Waals surface area contributed by atoms with Gasteiger partial charge in [0, 0.05) is 0 Å². The molecule has 3 nitrogen and oxygen atoms in total. The van der Waals surface area contributed by atoms with Crippen molar-refractivity contribution >= 4 is 12.2 Å². The fraction of sp³-hybridized carbons (Fsp3) is 0. The highest BCUT2D eigenvalue weighted by atomic mass is 16.3. The van der Waals surface area contributed by atoms with Gasteiger partial charge in [0.05, 0.1) is 18.2 Å². The quantitative estimate of drug-likeness (QED) is 0.755. The van der Waals surface area contributed by atoms with Gasteiger partial charge in [-0.1, -0.05) is 18.2 Å². The Kier molecular flexibility index (Phi) is 2.32. The first-order chi connectivity index (χ1) is 6.84. The lowest BCUT2D eigenvalue weighted by molar-refractivity contribution is 0.475. The maximum atomic E-state index is 9.22. The highest BCUT2D eigenvalue weighted by Gasteiger charge is 1.90. The Balaban J connectivity index is 2.18. The summed E-state index contributed by atoms with van der Waals surface area (Å²) in [5.41, 5.74) is 1.90. The van der Waals surface area contributed by atoms with Crippen molar-refractivity contribution in [1.29, 1.82) is 0 Å². The molecular formula is C11H10N2O. The molecule has 2 aromatic rings. The Morgan fingerprint density at radius 1 is 1.29 bits per heavy atom. The van der Waals surface area contributed by atoms with E-state index in [4.69, 9.17) is 0 Å². The van der Waals surface area contributed by atoms with Crippen molar-refractivity contribution in [2.75, 3.05) is 0 Å². The zero-order valence-corrected chi connectivity index (χ0v) is 7.51. The molecule has 3 heteroatoms. The van der Waals surface area contributed by atoms with E-state index in [1.54, 1.807) is 24.7 Å². The fourth-order valence-corrected chi connectivity index (χ4v) is 1.17. The van der Waals surface area contributed by atoms with Crippen molar-refractivity contribution in [3.05, 3.63) is 48.0 Å². The molecule has 0 spiro atoms. The SMILES string of the molecule is Oc1cccc(/C=C/c2cnc[nH]2)c1. The summed E-state index contributed by atoms with van der Waals surface area (Å²) in [5, 5.41) is 9.22. The van der Waals surface area contributed by atoms with Crippen molar-refractivity contribution in [1.82, 2.24) is 9.97 Å². The summed E-state index contributed by atoms with van der Waals surface area (Å²) in [5.74, 6) is 0.275. The summed E-state index contributed by atoms with van der Waals surface area (Å²) in [6, 6.07) is 7.08. The van der Waals surface area contributed by atoms with Crippen LogP contribution in [0.4, 0.5) is 0 Å². The molecule has 0 aliphatic rings. The lowest BCUT2D eigenvalue weighted by atomic mass is 10.2. The number of nitrogens with zero attached hydrogens (tertiary/aromatic N) is 1.